The minimum Gasteiger partial charge on any atom is -0.246 e. The number of halogens is 1. The Balaban J connectivity index is 2.64. The molecule has 1 atom stereocenters. The van der Waals surface area contributed by atoms with E-state index in [-0.39, 0.29) is 0 Å². The average molecular weight is 248 g/mol. The lowest BCUT2D eigenvalue weighted by Gasteiger charge is -2.01. The van der Waals surface area contributed by atoms with Gasteiger partial charge in [0.15, 0.2) is 0 Å². The van der Waals surface area contributed by atoms with Crippen molar-refractivity contribution in [2.75, 3.05) is 0 Å². The first-order valence-corrected chi connectivity index (χ1v) is 5.93. The lowest BCUT2D eigenvalue weighted by molar-refractivity contribution is 0.821. The number of rotatable bonds is 3. The molecule has 0 saturated carbocycles. The third kappa shape index (κ3) is 2.56. The van der Waals surface area contributed by atoms with E-state index in [2.05, 4.69) is 41.7 Å². The summed E-state index contributed by atoms with van der Waals surface area (Å²) in [4.78, 5) is 6.42. The molecule has 0 radical (unpaired) electrons. The first-order valence-electron chi connectivity index (χ1n) is 4.20. The summed E-state index contributed by atoms with van der Waals surface area (Å²) in [5.41, 5.74) is 1.19. The Labute approximate surface area is 86.3 Å². The lowest BCUT2D eigenvalue weighted by Crippen LogP contribution is -1.99. The maximum absolute atomic E-state index is 4.49. The zero-order chi connectivity index (χ0) is 9.14. The van der Waals surface area contributed by atoms with Crippen molar-refractivity contribution < 1.29 is 0 Å². The molecule has 0 fully saturated rings. The number of alkyl halides is 1. The molecule has 0 saturated heterocycles. The normalized spacial score (nSPS) is 13.3. The predicted molar refractivity (Wildman–Crippen MR) is 58.3 cm³/mol. The van der Waals surface area contributed by atoms with E-state index < -0.39 is 0 Å². The van der Waals surface area contributed by atoms with Crippen molar-refractivity contribution in [2.45, 2.75) is 38.4 Å². The highest BCUT2D eigenvalue weighted by Gasteiger charge is 2.07. The van der Waals surface area contributed by atoms with Crippen LogP contribution in [0.1, 0.15) is 28.9 Å². The highest BCUT2D eigenvalue weighted by molar-refractivity contribution is 9.09. The van der Waals surface area contributed by atoms with E-state index in [0.717, 1.165) is 12.8 Å². The Bertz CT molecular complexity index is 238. The minimum absolute atomic E-state index is 0.586. The Morgan fingerprint density at radius 2 is 2.17 bits per heavy atom. The summed E-state index contributed by atoms with van der Waals surface area (Å²) in [5.74, 6) is 0. The fourth-order valence-electron chi connectivity index (χ4n) is 0.960. The number of aryl methyl sites for hydroxylation is 2. The SMILES string of the molecule is CCC(Br)Cc1nc(C)c(C)s1. The van der Waals surface area contributed by atoms with E-state index >= 15 is 0 Å². The highest BCUT2D eigenvalue weighted by atomic mass is 79.9. The Hall–Kier alpha value is 0.110. The van der Waals surface area contributed by atoms with Gasteiger partial charge in [-0.3, -0.25) is 0 Å². The number of nitrogens with zero attached hydrogens (tertiary/aromatic N) is 1. The average Bonchev–Trinajstić information content (AvgIpc) is 2.31. The van der Waals surface area contributed by atoms with E-state index in [1.165, 1.54) is 15.6 Å². The minimum atomic E-state index is 0.586. The van der Waals surface area contributed by atoms with Crippen LogP contribution in [-0.2, 0) is 6.42 Å². The lowest BCUT2D eigenvalue weighted by atomic mass is 10.2. The summed E-state index contributed by atoms with van der Waals surface area (Å²) < 4.78 is 0. The van der Waals surface area contributed by atoms with Gasteiger partial charge < -0.3 is 0 Å². The fourth-order valence-corrected chi connectivity index (χ4v) is 2.50. The quantitative estimate of drug-likeness (QED) is 0.746. The van der Waals surface area contributed by atoms with Crippen molar-refractivity contribution in [3.8, 4) is 0 Å². The smallest absolute Gasteiger partial charge is 0.0942 e. The molecule has 12 heavy (non-hydrogen) atoms. The van der Waals surface area contributed by atoms with Crippen LogP contribution in [0.2, 0.25) is 0 Å². The molecule has 0 bridgehead atoms. The molecule has 0 N–H and O–H groups in total. The maximum atomic E-state index is 4.49. The van der Waals surface area contributed by atoms with Gasteiger partial charge in [0, 0.05) is 16.1 Å². The number of aromatic nitrogens is 1. The number of hydrogen-bond donors (Lipinski definition) is 0. The molecule has 1 aromatic heterocycles. The second-order valence-electron chi connectivity index (χ2n) is 2.96. The van der Waals surface area contributed by atoms with Gasteiger partial charge in [0.2, 0.25) is 0 Å². The van der Waals surface area contributed by atoms with Crippen LogP contribution in [0.4, 0.5) is 0 Å². The van der Waals surface area contributed by atoms with Gasteiger partial charge in [0.05, 0.1) is 10.7 Å². The topological polar surface area (TPSA) is 12.9 Å². The fraction of sp³-hybridized carbons (Fsp3) is 0.667. The van der Waals surface area contributed by atoms with Crippen molar-refractivity contribution in [3.05, 3.63) is 15.6 Å². The van der Waals surface area contributed by atoms with Crippen molar-refractivity contribution >= 4 is 27.3 Å². The van der Waals surface area contributed by atoms with Crippen LogP contribution in [0.15, 0.2) is 0 Å². The molecular formula is C9H14BrNS. The van der Waals surface area contributed by atoms with Crippen molar-refractivity contribution in [1.29, 1.82) is 0 Å². The summed E-state index contributed by atoms with van der Waals surface area (Å²) in [5, 5.41) is 1.26. The molecule has 0 aromatic carbocycles. The third-order valence-corrected chi connectivity index (χ3v) is 3.98. The van der Waals surface area contributed by atoms with Crippen LogP contribution in [0, 0.1) is 13.8 Å². The first-order chi connectivity index (χ1) is 5.63. The molecule has 0 spiro atoms. The first kappa shape index (κ1) is 10.2. The van der Waals surface area contributed by atoms with Crippen LogP contribution in [0.25, 0.3) is 0 Å². The van der Waals surface area contributed by atoms with Crippen LogP contribution >= 0.6 is 27.3 Å². The molecule has 0 amide bonds. The summed E-state index contributed by atoms with van der Waals surface area (Å²) in [6, 6.07) is 0. The van der Waals surface area contributed by atoms with E-state index in [0.29, 0.717) is 4.83 Å². The van der Waals surface area contributed by atoms with Gasteiger partial charge in [-0.2, -0.15) is 0 Å². The predicted octanol–water partition coefficient (Wildman–Crippen LogP) is 3.48. The molecule has 0 aliphatic heterocycles. The molecule has 3 heteroatoms. The Morgan fingerprint density at radius 3 is 2.58 bits per heavy atom. The van der Waals surface area contributed by atoms with Crippen LogP contribution in [0.3, 0.4) is 0 Å². The number of thiazole rings is 1. The van der Waals surface area contributed by atoms with Gasteiger partial charge >= 0.3 is 0 Å². The molecule has 0 aliphatic rings. The van der Waals surface area contributed by atoms with Gasteiger partial charge in [-0.1, -0.05) is 22.9 Å². The molecule has 1 heterocycles. The van der Waals surface area contributed by atoms with Crippen molar-refractivity contribution in [2.24, 2.45) is 0 Å². The molecule has 1 nitrogen and oxygen atoms in total. The van der Waals surface area contributed by atoms with Crippen molar-refractivity contribution in [1.82, 2.24) is 4.98 Å². The van der Waals surface area contributed by atoms with Gasteiger partial charge in [-0.25, -0.2) is 4.98 Å². The Kier molecular flexibility index (Phi) is 3.72. The van der Waals surface area contributed by atoms with Gasteiger partial charge in [-0.05, 0) is 20.3 Å². The van der Waals surface area contributed by atoms with Crippen LogP contribution in [0.5, 0.6) is 0 Å². The van der Waals surface area contributed by atoms with Gasteiger partial charge in [0.1, 0.15) is 0 Å². The standard InChI is InChI=1S/C9H14BrNS/c1-4-8(10)5-9-11-6(2)7(3)12-9/h8H,4-5H2,1-3H3. The summed E-state index contributed by atoms with van der Waals surface area (Å²) in [6.45, 7) is 6.39. The largest absolute Gasteiger partial charge is 0.246 e. The summed E-state index contributed by atoms with van der Waals surface area (Å²) >= 11 is 5.43. The summed E-state index contributed by atoms with van der Waals surface area (Å²) in [7, 11) is 0. The molecule has 68 valence electrons. The molecule has 0 aliphatic carbocycles. The van der Waals surface area contributed by atoms with E-state index in [4.69, 9.17) is 0 Å². The maximum Gasteiger partial charge on any atom is 0.0942 e. The Morgan fingerprint density at radius 1 is 1.50 bits per heavy atom. The van der Waals surface area contributed by atoms with Crippen LogP contribution < -0.4 is 0 Å². The van der Waals surface area contributed by atoms with Gasteiger partial charge in [0.25, 0.3) is 0 Å². The highest BCUT2D eigenvalue weighted by Crippen LogP contribution is 2.20. The third-order valence-electron chi connectivity index (χ3n) is 1.91. The second kappa shape index (κ2) is 4.38. The molecule has 1 unspecified atom stereocenters. The van der Waals surface area contributed by atoms with E-state index in [1.807, 2.05) is 11.3 Å². The monoisotopic (exact) mass is 247 g/mol. The zero-order valence-electron chi connectivity index (χ0n) is 7.72. The summed E-state index contributed by atoms with van der Waals surface area (Å²) in [6.07, 6.45) is 2.23. The van der Waals surface area contributed by atoms with Crippen LogP contribution in [-0.4, -0.2) is 9.81 Å². The second-order valence-corrected chi connectivity index (χ2v) is 5.54. The van der Waals surface area contributed by atoms with E-state index in [9.17, 15) is 0 Å². The van der Waals surface area contributed by atoms with Gasteiger partial charge in [-0.15, -0.1) is 11.3 Å². The van der Waals surface area contributed by atoms with E-state index in [1.54, 1.807) is 0 Å². The zero-order valence-corrected chi connectivity index (χ0v) is 10.1. The molecule has 1 aromatic rings. The molecule has 1 rings (SSSR count). The molecular weight excluding hydrogens is 234 g/mol. The number of hydrogen-bond acceptors (Lipinski definition) is 2. The van der Waals surface area contributed by atoms with Crippen molar-refractivity contribution in [3.63, 3.8) is 0 Å².